The van der Waals surface area contributed by atoms with Gasteiger partial charge in [-0.15, -0.1) is 0 Å². The van der Waals surface area contributed by atoms with Crippen molar-refractivity contribution in [3.05, 3.63) is 105 Å². The summed E-state index contributed by atoms with van der Waals surface area (Å²) in [6.45, 7) is 0.212. The van der Waals surface area contributed by atoms with Crippen LogP contribution >= 0.6 is 23.2 Å². The van der Waals surface area contributed by atoms with Gasteiger partial charge in [0.2, 0.25) is 0 Å². The van der Waals surface area contributed by atoms with E-state index < -0.39 is 12.0 Å². The van der Waals surface area contributed by atoms with Crippen molar-refractivity contribution in [1.29, 1.82) is 0 Å². The molecule has 1 saturated carbocycles. The Kier molecular flexibility index (Phi) is 7.81. The Balaban J connectivity index is 1.57. The van der Waals surface area contributed by atoms with Crippen molar-refractivity contribution < 1.29 is 14.4 Å². The molecule has 0 bridgehead atoms. The molecule has 0 aromatic heterocycles. The molecule has 0 radical (unpaired) electrons. The minimum absolute atomic E-state index is 0.150. The summed E-state index contributed by atoms with van der Waals surface area (Å²) in [5, 5.41) is 0.867. The summed E-state index contributed by atoms with van der Waals surface area (Å²) in [5.74, 6) is -1.28. The minimum Gasteiger partial charge on any atom is -0.326 e. The summed E-state index contributed by atoms with van der Waals surface area (Å²) in [6, 6.07) is 20.9. The number of hydrogen-bond donors (Lipinski definition) is 2. The zero-order valence-electron chi connectivity index (χ0n) is 20.3. The lowest BCUT2D eigenvalue weighted by Gasteiger charge is -2.48. The van der Waals surface area contributed by atoms with Crippen molar-refractivity contribution in [3.8, 4) is 0 Å². The maximum Gasteiger partial charge on any atom is 0.255 e. The Labute approximate surface area is 226 Å². The number of rotatable bonds is 6. The highest BCUT2D eigenvalue weighted by molar-refractivity contribution is 6.35. The number of hydrogen-bond acceptors (Lipinski definition) is 4. The molecule has 5 rings (SSSR count). The van der Waals surface area contributed by atoms with Gasteiger partial charge in [0, 0.05) is 27.7 Å². The number of carbonyl (C=O) groups excluding carboxylic acids is 2. The lowest BCUT2D eigenvalue weighted by Crippen LogP contribution is -2.57. The molecule has 2 amide bonds. The van der Waals surface area contributed by atoms with Crippen LogP contribution in [-0.4, -0.2) is 28.8 Å². The SMILES string of the molecule is N[C@@H]1CCCC[C@H]1N1C(=O)c2ccccc2C(C(=O)NOCc2ccccc2)C1c1ccc(Cl)cc1Cl. The molecule has 3 aromatic carbocycles. The Morgan fingerprint density at radius 3 is 2.46 bits per heavy atom. The van der Waals surface area contributed by atoms with Gasteiger partial charge in [0.25, 0.3) is 11.8 Å². The molecule has 1 fully saturated rings. The van der Waals surface area contributed by atoms with Gasteiger partial charge in [-0.2, -0.15) is 0 Å². The number of halogens is 2. The van der Waals surface area contributed by atoms with E-state index in [0.29, 0.717) is 26.7 Å². The Bertz CT molecular complexity index is 1290. The molecule has 3 N–H and O–H groups in total. The summed E-state index contributed by atoms with van der Waals surface area (Å²) in [4.78, 5) is 35.3. The van der Waals surface area contributed by atoms with Crippen LogP contribution < -0.4 is 11.2 Å². The van der Waals surface area contributed by atoms with E-state index in [1.54, 1.807) is 29.2 Å². The number of carbonyl (C=O) groups is 2. The first-order valence-electron chi connectivity index (χ1n) is 12.5. The molecule has 1 heterocycles. The van der Waals surface area contributed by atoms with Crippen LogP contribution in [0.15, 0.2) is 72.8 Å². The van der Waals surface area contributed by atoms with Crippen molar-refractivity contribution >= 4 is 35.0 Å². The molecule has 1 aliphatic heterocycles. The molecule has 3 aromatic rings. The fourth-order valence-electron chi connectivity index (χ4n) is 5.58. The van der Waals surface area contributed by atoms with Gasteiger partial charge in [0.05, 0.1) is 18.6 Å². The van der Waals surface area contributed by atoms with Crippen LogP contribution in [0.25, 0.3) is 0 Å². The Hall–Kier alpha value is -2.90. The lowest BCUT2D eigenvalue weighted by atomic mass is 9.76. The smallest absolute Gasteiger partial charge is 0.255 e. The lowest BCUT2D eigenvalue weighted by molar-refractivity contribution is -0.138. The topological polar surface area (TPSA) is 84.7 Å². The second-order valence-corrected chi connectivity index (χ2v) is 10.5. The molecule has 6 nitrogen and oxygen atoms in total. The van der Waals surface area contributed by atoms with Crippen LogP contribution in [-0.2, 0) is 16.2 Å². The van der Waals surface area contributed by atoms with E-state index >= 15 is 0 Å². The summed E-state index contributed by atoms with van der Waals surface area (Å²) in [6.07, 6.45) is 3.55. The molecule has 192 valence electrons. The molecule has 37 heavy (non-hydrogen) atoms. The monoisotopic (exact) mass is 537 g/mol. The zero-order valence-corrected chi connectivity index (χ0v) is 21.8. The molecule has 4 atom stereocenters. The van der Waals surface area contributed by atoms with Crippen molar-refractivity contribution in [2.24, 2.45) is 5.73 Å². The number of nitrogens with one attached hydrogen (secondary N) is 1. The van der Waals surface area contributed by atoms with Gasteiger partial charge < -0.3 is 10.6 Å². The second-order valence-electron chi connectivity index (χ2n) is 9.64. The molecule has 8 heteroatoms. The van der Waals surface area contributed by atoms with Crippen molar-refractivity contribution in [1.82, 2.24) is 10.4 Å². The van der Waals surface area contributed by atoms with Crippen LogP contribution in [0.5, 0.6) is 0 Å². The summed E-state index contributed by atoms with van der Waals surface area (Å²) in [5.41, 5.74) is 11.9. The quantitative estimate of drug-likeness (QED) is 0.389. The fraction of sp³-hybridized carbons (Fsp3) is 0.310. The van der Waals surface area contributed by atoms with Crippen LogP contribution in [0.4, 0.5) is 0 Å². The fourth-order valence-corrected chi connectivity index (χ4v) is 6.11. The Morgan fingerprint density at radius 2 is 1.70 bits per heavy atom. The van der Waals surface area contributed by atoms with Gasteiger partial charge in [-0.1, -0.05) is 90.6 Å². The number of nitrogens with zero attached hydrogens (tertiary/aromatic N) is 1. The molecule has 2 unspecified atom stereocenters. The molecule has 2 aliphatic rings. The van der Waals surface area contributed by atoms with Crippen LogP contribution in [0, 0.1) is 0 Å². The number of benzene rings is 3. The van der Waals surface area contributed by atoms with E-state index in [4.69, 9.17) is 33.8 Å². The number of amides is 2. The third kappa shape index (κ3) is 5.25. The summed E-state index contributed by atoms with van der Waals surface area (Å²) in [7, 11) is 0. The highest BCUT2D eigenvalue weighted by Gasteiger charge is 2.48. The van der Waals surface area contributed by atoms with E-state index in [2.05, 4.69) is 5.48 Å². The van der Waals surface area contributed by atoms with Gasteiger partial charge in [-0.25, -0.2) is 5.48 Å². The number of nitrogens with two attached hydrogens (primary N) is 1. The predicted octanol–water partition coefficient (Wildman–Crippen LogP) is 5.79. The summed E-state index contributed by atoms with van der Waals surface area (Å²) >= 11 is 12.9. The van der Waals surface area contributed by atoms with Crippen LogP contribution in [0.2, 0.25) is 10.0 Å². The van der Waals surface area contributed by atoms with Gasteiger partial charge >= 0.3 is 0 Å². The van der Waals surface area contributed by atoms with Crippen LogP contribution in [0.1, 0.15) is 64.7 Å². The highest BCUT2D eigenvalue weighted by atomic mass is 35.5. The maximum atomic E-state index is 14.0. The third-order valence-corrected chi connectivity index (χ3v) is 7.90. The van der Waals surface area contributed by atoms with E-state index in [-0.39, 0.29) is 30.5 Å². The minimum atomic E-state index is -0.766. The maximum absolute atomic E-state index is 14.0. The van der Waals surface area contributed by atoms with Gasteiger partial charge in [-0.05, 0) is 47.7 Å². The molecule has 0 saturated heterocycles. The Morgan fingerprint density at radius 1 is 0.973 bits per heavy atom. The van der Waals surface area contributed by atoms with E-state index in [0.717, 1.165) is 31.2 Å². The molecular weight excluding hydrogens is 509 g/mol. The van der Waals surface area contributed by atoms with Crippen molar-refractivity contribution in [2.75, 3.05) is 0 Å². The first-order chi connectivity index (χ1) is 18.0. The predicted molar refractivity (Wildman–Crippen MR) is 144 cm³/mol. The first kappa shape index (κ1) is 25.7. The largest absolute Gasteiger partial charge is 0.326 e. The summed E-state index contributed by atoms with van der Waals surface area (Å²) < 4.78 is 0. The average molecular weight is 538 g/mol. The van der Waals surface area contributed by atoms with Gasteiger partial charge in [0.1, 0.15) is 0 Å². The second kappa shape index (κ2) is 11.2. The van der Waals surface area contributed by atoms with Gasteiger partial charge in [0.15, 0.2) is 0 Å². The third-order valence-electron chi connectivity index (χ3n) is 7.33. The number of hydroxylamine groups is 1. The zero-order chi connectivity index (χ0) is 25.9. The highest BCUT2D eigenvalue weighted by Crippen LogP contribution is 2.47. The van der Waals surface area contributed by atoms with E-state index in [1.807, 2.05) is 48.5 Å². The van der Waals surface area contributed by atoms with Crippen molar-refractivity contribution in [2.45, 2.75) is 56.3 Å². The van der Waals surface area contributed by atoms with Gasteiger partial charge in [-0.3, -0.25) is 14.4 Å². The standard InChI is InChI=1S/C29H29Cl2N3O3/c30-19-14-15-22(23(31)16-19)27-26(28(35)33-37-17-18-8-2-1-3-9-18)20-10-4-5-11-21(20)29(36)34(27)25-13-7-6-12-24(25)32/h1-5,8-11,14-16,24-27H,6-7,12-13,17,32H2,(H,33,35)/t24-,25-,26?,27?/m1/s1. The van der Waals surface area contributed by atoms with E-state index in [1.165, 1.54) is 0 Å². The normalized spacial score (nSPS) is 23.4. The molecular formula is C29H29Cl2N3O3. The molecule has 1 aliphatic carbocycles. The first-order valence-corrected chi connectivity index (χ1v) is 13.3. The average Bonchev–Trinajstić information content (AvgIpc) is 2.90. The molecule has 0 spiro atoms. The van der Waals surface area contributed by atoms with Crippen LogP contribution in [0.3, 0.4) is 0 Å². The van der Waals surface area contributed by atoms with E-state index in [9.17, 15) is 9.59 Å². The van der Waals surface area contributed by atoms with Crippen molar-refractivity contribution in [3.63, 3.8) is 0 Å². The number of fused-ring (bicyclic) bond motifs is 1.